The molecule has 0 spiro atoms. The molecule has 1 saturated carbocycles. The Bertz CT molecular complexity index is 587. The Balaban J connectivity index is 1.27. The van der Waals surface area contributed by atoms with Gasteiger partial charge in [0.25, 0.3) is 0 Å². The van der Waals surface area contributed by atoms with Crippen molar-refractivity contribution >= 4 is 6.03 Å². The van der Waals surface area contributed by atoms with Crippen molar-refractivity contribution in [3.05, 3.63) is 35.4 Å². The van der Waals surface area contributed by atoms with Gasteiger partial charge in [0, 0.05) is 25.6 Å². The first-order valence-electron chi connectivity index (χ1n) is 8.75. The number of hydrogen-bond acceptors (Lipinski definition) is 3. The van der Waals surface area contributed by atoms with Crippen LogP contribution in [0.1, 0.15) is 36.4 Å². The quantitative estimate of drug-likeness (QED) is 0.787. The van der Waals surface area contributed by atoms with Gasteiger partial charge in [-0.15, -0.1) is 0 Å². The van der Waals surface area contributed by atoms with Crippen LogP contribution in [0.25, 0.3) is 0 Å². The number of amides is 2. The molecule has 2 fully saturated rings. The second kappa shape index (κ2) is 6.13. The van der Waals surface area contributed by atoms with Gasteiger partial charge in [-0.3, -0.25) is 0 Å². The van der Waals surface area contributed by atoms with Crippen molar-refractivity contribution in [1.82, 2.24) is 15.5 Å². The van der Waals surface area contributed by atoms with Crippen molar-refractivity contribution in [2.75, 3.05) is 19.6 Å². The number of rotatable bonds is 4. The van der Waals surface area contributed by atoms with Crippen LogP contribution in [-0.4, -0.2) is 47.8 Å². The van der Waals surface area contributed by atoms with E-state index in [4.69, 9.17) is 0 Å². The molecule has 3 N–H and O–H groups in total. The van der Waals surface area contributed by atoms with Crippen LogP contribution in [0.4, 0.5) is 4.79 Å². The van der Waals surface area contributed by atoms with Crippen LogP contribution in [0, 0.1) is 5.92 Å². The summed E-state index contributed by atoms with van der Waals surface area (Å²) in [7, 11) is 0. The van der Waals surface area contributed by atoms with E-state index in [0.29, 0.717) is 12.3 Å². The minimum Gasteiger partial charge on any atom is -0.390 e. The van der Waals surface area contributed by atoms with E-state index in [-0.39, 0.29) is 12.1 Å². The summed E-state index contributed by atoms with van der Waals surface area (Å²) in [6.07, 6.45) is 3.94. The van der Waals surface area contributed by atoms with Crippen LogP contribution in [0.3, 0.4) is 0 Å². The summed E-state index contributed by atoms with van der Waals surface area (Å²) in [6.45, 7) is 3.01. The van der Waals surface area contributed by atoms with Gasteiger partial charge in [0.05, 0.1) is 12.1 Å². The minimum atomic E-state index is -0.532. The van der Waals surface area contributed by atoms with Gasteiger partial charge in [0.2, 0.25) is 0 Å². The lowest BCUT2D eigenvalue weighted by atomic mass is 10.1. The van der Waals surface area contributed by atoms with Gasteiger partial charge in [-0.25, -0.2) is 4.79 Å². The van der Waals surface area contributed by atoms with Crippen LogP contribution in [0.2, 0.25) is 0 Å². The number of benzene rings is 1. The van der Waals surface area contributed by atoms with Crippen molar-refractivity contribution < 1.29 is 9.90 Å². The average molecular weight is 315 g/mol. The number of nitrogens with one attached hydrogen (secondary N) is 2. The summed E-state index contributed by atoms with van der Waals surface area (Å²) >= 11 is 0. The summed E-state index contributed by atoms with van der Waals surface area (Å²) < 4.78 is 0. The highest BCUT2D eigenvalue weighted by molar-refractivity contribution is 5.74. The van der Waals surface area contributed by atoms with Crippen LogP contribution in [0.15, 0.2) is 24.3 Å². The number of fused-ring (bicyclic) bond motifs is 1. The molecule has 5 nitrogen and oxygen atoms in total. The van der Waals surface area contributed by atoms with Crippen molar-refractivity contribution in [3.8, 4) is 0 Å². The molecule has 3 aliphatic rings. The van der Waals surface area contributed by atoms with E-state index in [2.05, 4.69) is 15.5 Å². The largest absolute Gasteiger partial charge is 0.390 e. The maximum Gasteiger partial charge on any atom is 0.315 e. The molecular weight excluding hydrogens is 290 g/mol. The fraction of sp³-hybridized carbons (Fsp3) is 0.611. The maximum atomic E-state index is 12.2. The first-order chi connectivity index (χ1) is 11.2. The molecule has 0 bridgehead atoms. The summed E-state index contributed by atoms with van der Waals surface area (Å²) in [6, 6.07) is 8.28. The van der Waals surface area contributed by atoms with E-state index in [1.165, 1.54) is 25.8 Å². The lowest BCUT2D eigenvalue weighted by Gasteiger charge is -2.19. The first kappa shape index (κ1) is 15.0. The summed E-state index contributed by atoms with van der Waals surface area (Å²) in [4.78, 5) is 14.7. The summed E-state index contributed by atoms with van der Waals surface area (Å²) in [5, 5.41) is 16.1. The number of nitrogens with zero attached hydrogens (tertiary/aromatic N) is 1. The van der Waals surface area contributed by atoms with Gasteiger partial charge < -0.3 is 20.6 Å². The molecule has 1 aromatic rings. The van der Waals surface area contributed by atoms with E-state index < -0.39 is 6.10 Å². The number of urea groups is 1. The lowest BCUT2D eigenvalue weighted by Crippen LogP contribution is -2.42. The predicted octanol–water partition coefficient (Wildman–Crippen LogP) is 1.43. The van der Waals surface area contributed by atoms with Gasteiger partial charge in [-0.2, -0.15) is 0 Å². The first-order valence-corrected chi connectivity index (χ1v) is 8.75. The van der Waals surface area contributed by atoms with Gasteiger partial charge in [0.15, 0.2) is 0 Å². The number of aliphatic hydroxyl groups is 1. The monoisotopic (exact) mass is 315 g/mol. The Kier molecular flexibility index (Phi) is 3.99. The molecule has 23 heavy (non-hydrogen) atoms. The zero-order chi connectivity index (χ0) is 15.8. The molecule has 0 radical (unpaired) electrons. The van der Waals surface area contributed by atoms with E-state index in [1.54, 1.807) is 0 Å². The van der Waals surface area contributed by atoms with E-state index in [0.717, 1.165) is 30.3 Å². The van der Waals surface area contributed by atoms with Crippen LogP contribution >= 0.6 is 0 Å². The Morgan fingerprint density at radius 3 is 2.91 bits per heavy atom. The van der Waals surface area contributed by atoms with Crippen molar-refractivity contribution in [1.29, 1.82) is 0 Å². The van der Waals surface area contributed by atoms with Crippen LogP contribution in [-0.2, 0) is 6.42 Å². The van der Waals surface area contributed by atoms with Gasteiger partial charge in [0.1, 0.15) is 0 Å². The fourth-order valence-electron chi connectivity index (χ4n) is 3.98. The van der Waals surface area contributed by atoms with Crippen molar-refractivity contribution in [2.45, 2.75) is 43.9 Å². The Morgan fingerprint density at radius 1 is 1.26 bits per heavy atom. The second-order valence-corrected chi connectivity index (χ2v) is 7.18. The highest BCUT2D eigenvalue weighted by Gasteiger charge is 2.35. The number of carbonyl (C=O) groups is 1. The van der Waals surface area contributed by atoms with E-state index in [1.807, 2.05) is 24.3 Å². The smallest absolute Gasteiger partial charge is 0.315 e. The maximum absolute atomic E-state index is 12.2. The van der Waals surface area contributed by atoms with Crippen molar-refractivity contribution in [3.63, 3.8) is 0 Å². The molecule has 3 atom stereocenters. The molecule has 124 valence electrons. The predicted molar refractivity (Wildman–Crippen MR) is 88.1 cm³/mol. The summed E-state index contributed by atoms with van der Waals surface area (Å²) in [5.74, 6) is 0.558. The van der Waals surface area contributed by atoms with Gasteiger partial charge >= 0.3 is 6.03 Å². The van der Waals surface area contributed by atoms with Crippen molar-refractivity contribution in [2.24, 2.45) is 5.92 Å². The molecule has 1 saturated heterocycles. The highest BCUT2D eigenvalue weighted by atomic mass is 16.3. The third-order valence-electron chi connectivity index (χ3n) is 5.42. The third-order valence-corrected chi connectivity index (χ3v) is 5.42. The zero-order valence-electron chi connectivity index (χ0n) is 13.4. The number of hydrogen-bond donors (Lipinski definition) is 3. The summed E-state index contributed by atoms with van der Waals surface area (Å²) in [5.41, 5.74) is 2.16. The molecule has 5 heteroatoms. The molecule has 4 rings (SSSR count). The standard InChI is InChI=1S/C18H25N3O2/c22-16-9-13-3-1-2-4-15(13)17(16)20-18(23)19-10-12-7-8-21(11-12)14-5-6-14/h1-4,12,14,16-17,22H,5-11H2,(H2,19,20,23). The fourth-order valence-corrected chi connectivity index (χ4v) is 3.98. The topological polar surface area (TPSA) is 64.6 Å². The molecule has 1 aromatic carbocycles. The Hall–Kier alpha value is -1.59. The number of aliphatic hydroxyl groups excluding tert-OH is 1. The van der Waals surface area contributed by atoms with Gasteiger partial charge in [-0.1, -0.05) is 24.3 Å². The van der Waals surface area contributed by atoms with Crippen LogP contribution in [0.5, 0.6) is 0 Å². The number of likely N-dealkylation sites (tertiary alicyclic amines) is 1. The molecule has 3 unspecified atom stereocenters. The molecular formula is C18H25N3O2. The lowest BCUT2D eigenvalue weighted by molar-refractivity contribution is 0.142. The van der Waals surface area contributed by atoms with Gasteiger partial charge in [-0.05, 0) is 42.9 Å². The normalized spacial score (nSPS) is 30.2. The Labute approximate surface area is 137 Å². The highest BCUT2D eigenvalue weighted by Crippen LogP contribution is 2.32. The van der Waals surface area contributed by atoms with E-state index in [9.17, 15) is 9.90 Å². The molecule has 0 aromatic heterocycles. The Morgan fingerprint density at radius 2 is 2.09 bits per heavy atom. The van der Waals surface area contributed by atoms with E-state index >= 15 is 0 Å². The third kappa shape index (κ3) is 3.21. The van der Waals surface area contributed by atoms with Crippen LogP contribution < -0.4 is 10.6 Å². The molecule has 2 amide bonds. The molecule has 1 heterocycles. The molecule has 1 aliphatic heterocycles. The average Bonchev–Trinajstić information content (AvgIpc) is 3.21. The second-order valence-electron chi connectivity index (χ2n) is 7.18. The minimum absolute atomic E-state index is 0.171. The zero-order valence-corrected chi connectivity index (χ0v) is 13.4. The number of carbonyl (C=O) groups excluding carboxylic acids is 1. The SMILES string of the molecule is O=C(NCC1CCN(C2CC2)C1)NC1c2ccccc2CC1O. The molecule has 2 aliphatic carbocycles.